The zero-order valence-corrected chi connectivity index (χ0v) is 22.4. The van der Waals surface area contributed by atoms with Gasteiger partial charge in [0.15, 0.2) is 28.6 Å². The average Bonchev–Trinajstić information content (AvgIpc) is 3.31. The van der Waals surface area contributed by atoms with Gasteiger partial charge in [-0.3, -0.25) is 9.36 Å². The van der Waals surface area contributed by atoms with E-state index in [0.717, 1.165) is 18.8 Å². The van der Waals surface area contributed by atoms with Crippen molar-refractivity contribution in [1.29, 1.82) is 0 Å². The van der Waals surface area contributed by atoms with Crippen LogP contribution in [0.4, 0.5) is 11.4 Å². The number of aromatic nitrogens is 3. The number of benzene rings is 2. The second kappa shape index (κ2) is 12.8. The topological polar surface area (TPSA) is 90.7 Å². The van der Waals surface area contributed by atoms with E-state index in [0.29, 0.717) is 52.9 Å². The van der Waals surface area contributed by atoms with Crippen molar-refractivity contribution < 1.29 is 19.0 Å². The molecule has 0 aliphatic carbocycles. The summed E-state index contributed by atoms with van der Waals surface area (Å²) in [6, 6.07) is 13.0. The van der Waals surface area contributed by atoms with Crippen molar-refractivity contribution in [2.24, 2.45) is 0 Å². The van der Waals surface area contributed by atoms with Crippen LogP contribution in [0.5, 0.6) is 11.5 Å². The van der Waals surface area contributed by atoms with Crippen LogP contribution >= 0.6 is 23.4 Å². The van der Waals surface area contributed by atoms with Crippen LogP contribution < -0.4 is 19.7 Å². The number of amides is 1. The average molecular weight is 544 g/mol. The molecule has 1 amide bonds. The number of allylic oxidation sites excluding steroid dienone is 1. The Balaban J connectivity index is 1.38. The minimum atomic E-state index is -0.404. The molecule has 1 saturated heterocycles. The SMILES string of the molecule is C=CCn1c(SCC(=O)Nc2ccc(N3CCOCC3)c(Cl)c2)nnc1C(C)Oc1ccccc1OC. The summed E-state index contributed by atoms with van der Waals surface area (Å²) < 4.78 is 18.8. The molecule has 11 heteroatoms. The first kappa shape index (κ1) is 26.8. The van der Waals surface area contributed by atoms with Gasteiger partial charge in [-0.15, -0.1) is 16.8 Å². The number of ether oxygens (including phenoxy) is 3. The highest BCUT2D eigenvalue weighted by molar-refractivity contribution is 7.99. The van der Waals surface area contributed by atoms with E-state index >= 15 is 0 Å². The molecule has 1 aliphatic rings. The van der Waals surface area contributed by atoms with Gasteiger partial charge >= 0.3 is 0 Å². The van der Waals surface area contributed by atoms with Crippen molar-refractivity contribution in [3.05, 3.63) is 66.0 Å². The summed E-state index contributed by atoms with van der Waals surface area (Å²) in [4.78, 5) is 14.9. The van der Waals surface area contributed by atoms with E-state index in [2.05, 4.69) is 27.0 Å². The van der Waals surface area contributed by atoms with Crippen molar-refractivity contribution in [2.75, 3.05) is 49.4 Å². The summed E-state index contributed by atoms with van der Waals surface area (Å²) in [7, 11) is 1.60. The molecule has 1 aromatic heterocycles. The van der Waals surface area contributed by atoms with Gasteiger partial charge in [-0.1, -0.05) is 41.6 Å². The molecule has 37 heavy (non-hydrogen) atoms. The second-order valence-corrected chi connectivity index (χ2v) is 9.60. The monoisotopic (exact) mass is 543 g/mol. The van der Waals surface area contributed by atoms with Gasteiger partial charge in [0.05, 0.1) is 36.8 Å². The molecule has 2 heterocycles. The van der Waals surface area contributed by atoms with Crippen molar-refractivity contribution in [3.63, 3.8) is 0 Å². The first-order valence-electron chi connectivity index (χ1n) is 11.9. The number of rotatable bonds is 11. The third-order valence-electron chi connectivity index (χ3n) is 5.71. The Kier molecular flexibility index (Phi) is 9.32. The standard InChI is InChI=1S/C26H30ClN5O4S/c1-4-11-32-25(18(2)36-23-8-6-5-7-22(23)34-3)29-30-26(32)37-17-24(33)28-19-9-10-21(20(27)16-19)31-12-14-35-15-13-31/h4-10,16,18H,1,11-15,17H2,2-3H3,(H,28,33). The Morgan fingerprint density at radius 1 is 1.24 bits per heavy atom. The van der Waals surface area contributed by atoms with Crippen molar-refractivity contribution in [1.82, 2.24) is 14.8 Å². The molecule has 196 valence electrons. The lowest BCUT2D eigenvalue weighted by Gasteiger charge is -2.29. The molecule has 1 N–H and O–H groups in total. The van der Waals surface area contributed by atoms with E-state index in [4.69, 9.17) is 25.8 Å². The molecular weight excluding hydrogens is 514 g/mol. The van der Waals surface area contributed by atoms with Gasteiger partial charge in [-0.2, -0.15) is 0 Å². The predicted octanol–water partition coefficient (Wildman–Crippen LogP) is 4.83. The van der Waals surface area contributed by atoms with Gasteiger partial charge in [0.2, 0.25) is 5.91 Å². The van der Waals surface area contributed by atoms with Gasteiger partial charge in [0.25, 0.3) is 0 Å². The fourth-order valence-electron chi connectivity index (χ4n) is 3.94. The molecule has 0 bridgehead atoms. The molecule has 2 aromatic carbocycles. The second-order valence-electron chi connectivity index (χ2n) is 8.25. The number of carbonyl (C=O) groups is 1. The van der Waals surface area contributed by atoms with Crippen molar-refractivity contribution >= 4 is 40.6 Å². The molecule has 9 nitrogen and oxygen atoms in total. The number of anilines is 2. The predicted molar refractivity (Wildman–Crippen MR) is 146 cm³/mol. The maximum Gasteiger partial charge on any atom is 0.234 e. The third-order valence-corrected chi connectivity index (χ3v) is 6.98. The number of thioether (sulfide) groups is 1. The quantitative estimate of drug-likeness (QED) is 0.271. The number of para-hydroxylation sites is 2. The number of hydrogen-bond acceptors (Lipinski definition) is 8. The smallest absolute Gasteiger partial charge is 0.234 e. The van der Waals surface area contributed by atoms with Crippen molar-refractivity contribution in [2.45, 2.75) is 24.7 Å². The fourth-order valence-corrected chi connectivity index (χ4v) is 4.99. The summed E-state index contributed by atoms with van der Waals surface area (Å²) in [5.41, 5.74) is 1.58. The molecule has 1 aliphatic heterocycles. The first-order valence-corrected chi connectivity index (χ1v) is 13.2. The number of hydrogen-bond donors (Lipinski definition) is 1. The highest BCUT2D eigenvalue weighted by Gasteiger charge is 2.21. The molecule has 4 rings (SSSR count). The van der Waals surface area contributed by atoms with Gasteiger partial charge in [-0.05, 0) is 37.3 Å². The molecule has 0 radical (unpaired) electrons. The van der Waals surface area contributed by atoms with Gasteiger partial charge in [0.1, 0.15) is 0 Å². The summed E-state index contributed by atoms with van der Waals surface area (Å²) in [5.74, 6) is 1.85. The van der Waals surface area contributed by atoms with Crippen LogP contribution in [0.3, 0.4) is 0 Å². The normalized spacial score (nSPS) is 14.2. The van der Waals surface area contributed by atoms with Gasteiger partial charge < -0.3 is 24.4 Å². The van der Waals surface area contributed by atoms with Gasteiger partial charge in [-0.25, -0.2) is 0 Å². The van der Waals surface area contributed by atoms with Gasteiger partial charge in [0, 0.05) is 25.3 Å². The van der Waals surface area contributed by atoms with E-state index in [1.807, 2.05) is 47.9 Å². The zero-order valence-electron chi connectivity index (χ0n) is 20.9. The molecule has 1 unspecified atom stereocenters. The number of carbonyl (C=O) groups excluding carboxylic acids is 1. The Hall–Kier alpha value is -3.21. The third kappa shape index (κ3) is 6.76. The lowest BCUT2D eigenvalue weighted by molar-refractivity contribution is -0.113. The minimum Gasteiger partial charge on any atom is -0.493 e. The Morgan fingerprint density at radius 3 is 2.70 bits per heavy atom. The van der Waals surface area contributed by atoms with E-state index < -0.39 is 6.10 Å². The van der Waals surface area contributed by atoms with Crippen molar-refractivity contribution in [3.8, 4) is 11.5 Å². The maximum absolute atomic E-state index is 12.7. The highest BCUT2D eigenvalue weighted by Crippen LogP contribution is 2.32. The first-order chi connectivity index (χ1) is 18.0. The molecule has 0 saturated carbocycles. The molecule has 3 aromatic rings. The number of methoxy groups -OCH3 is 1. The van der Waals surface area contributed by atoms with E-state index in [9.17, 15) is 4.79 Å². The van der Waals surface area contributed by atoms with Crippen LogP contribution in [0.15, 0.2) is 60.3 Å². The largest absolute Gasteiger partial charge is 0.493 e. The van der Waals surface area contributed by atoms with E-state index in [1.54, 1.807) is 19.3 Å². The van der Waals surface area contributed by atoms with Crippen LogP contribution in [-0.4, -0.2) is 59.8 Å². The maximum atomic E-state index is 12.7. The molecule has 0 spiro atoms. The van der Waals surface area contributed by atoms with Crippen LogP contribution in [-0.2, 0) is 16.1 Å². The Bertz CT molecular complexity index is 1230. The molecule has 1 atom stereocenters. The number of nitrogens with zero attached hydrogens (tertiary/aromatic N) is 4. The van der Waals surface area contributed by atoms with E-state index in [1.165, 1.54) is 11.8 Å². The Labute approximate surface area is 225 Å². The zero-order chi connectivity index (χ0) is 26.2. The molecule has 1 fully saturated rings. The number of nitrogens with one attached hydrogen (secondary N) is 1. The van der Waals surface area contributed by atoms with Crippen LogP contribution in [0.1, 0.15) is 18.9 Å². The molecular formula is C26H30ClN5O4S. The lowest BCUT2D eigenvalue weighted by atomic mass is 10.2. The highest BCUT2D eigenvalue weighted by atomic mass is 35.5. The lowest BCUT2D eigenvalue weighted by Crippen LogP contribution is -2.36. The summed E-state index contributed by atoms with van der Waals surface area (Å²) in [5, 5.41) is 12.7. The van der Waals surface area contributed by atoms with E-state index in [-0.39, 0.29) is 11.7 Å². The minimum absolute atomic E-state index is 0.153. The Morgan fingerprint density at radius 2 is 2.00 bits per heavy atom. The number of morpholine rings is 1. The van der Waals surface area contributed by atoms with Crippen LogP contribution in [0, 0.1) is 0 Å². The fraction of sp³-hybridized carbons (Fsp3) is 0.346. The van der Waals surface area contributed by atoms with Crippen LogP contribution in [0.2, 0.25) is 5.02 Å². The number of halogens is 1. The summed E-state index contributed by atoms with van der Waals surface area (Å²) in [6.45, 7) is 9.14. The van der Waals surface area contributed by atoms with Crippen LogP contribution in [0.25, 0.3) is 0 Å². The summed E-state index contributed by atoms with van der Waals surface area (Å²) in [6.07, 6.45) is 1.35. The summed E-state index contributed by atoms with van der Waals surface area (Å²) >= 11 is 7.79.